The maximum atomic E-state index is 6.53. The van der Waals surface area contributed by atoms with Crippen LogP contribution in [0.2, 0.25) is 5.02 Å². The predicted molar refractivity (Wildman–Crippen MR) is 134 cm³/mol. The largest absolute Gasteiger partial charge is 0.358 e. The van der Waals surface area contributed by atoms with E-state index in [9.17, 15) is 0 Å². The summed E-state index contributed by atoms with van der Waals surface area (Å²) in [6.07, 6.45) is 6.76. The van der Waals surface area contributed by atoms with E-state index in [0.717, 1.165) is 42.2 Å². The van der Waals surface area contributed by atoms with Crippen LogP contribution in [0.5, 0.6) is 0 Å². The van der Waals surface area contributed by atoms with Gasteiger partial charge in [-0.1, -0.05) is 85.6 Å². The Morgan fingerprint density at radius 2 is 1.87 bits per heavy atom. The molecule has 0 saturated carbocycles. The van der Waals surface area contributed by atoms with E-state index in [0.29, 0.717) is 12.0 Å². The minimum absolute atomic E-state index is 0.415. The second kappa shape index (κ2) is 9.46. The molecule has 1 aliphatic heterocycles. The Labute approximate surface area is 192 Å². The maximum Gasteiger partial charge on any atom is 0.0499 e. The van der Waals surface area contributed by atoms with Crippen molar-refractivity contribution in [3.05, 3.63) is 93.7 Å². The summed E-state index contributed by atoms with van der Waals surface area (Å²) in [5, 5.41) is 4.56. The van der Waals surface area contributed by atoms with Crippen molar-refractivity contribution in [3.63, 3.8) is 0 Å². The molecular formula is C28H33ClN2. The number of fused-ring (bicyclic) bond motifs is 1. The van der Waals surface area contributed by atoms with Gasteiger partial charge in [0, 0.05) is 47.0 Å². The Morgan fingerprint density at radius 1 is 1.13 bits per heavy atom. The average molecular weight is 433 g/mol. The van der Waals surface area contributed by atoms with E-state index >= 15 is 0 Å². The molecule has 2 nitrogen and oxygen atoms in total. The molecule has 2 aromatic rings. The predicted octanol–water partition coefficient (Wildman–Crippen LogP) is 7.25. The highest BCUT2D eigenvalue weighted by molar-refractivity contribution is 6.32. The lowest BCUT2D eigenvalue weighted by Gasteiger charge is -2.41. The highest BCUT2D eigenvalue weighted by Gasteiger charge is 2.31. The first kappa shape index (κ1) is 21.9. The van der Waals surface area contributed by atoms with E-state index in [-0.39, 0.29) is 0 Å². The Balaban J connectivity index is 1.58. The Morgan fingerprint density at radius 3 is 2.65 bits per heavy atom. The van der Waals surface area contributed by atoms with Crippen LogP contribution in [0.15, 0.2) is 72.0 Å². The zero-order valence-corrected chi connectivity index (χ0v) is 19.8. The number of halogens is 1. The molecule has 0 fully saturated rings. The Bertz CT molecular complexity index is 1050. The quantitative estimate of drug-likeness (QED) is 0.535. The molecule has 0 spiro atoms. The van der Waals surface area contributed by atoms with Gasteiger partial charge in [-0.2, -0.15) is 0 Å². The first-order valence-electron chi connectivity index (χ1n) is 11.4. The van der Waals surface area contributed by atoms with Crippen molar-refractivity contribution in [1.29, 1.82) is 0 Å². The molecule has 4 rings (SSSR count). The fourth-order valence-electron chi connectivity index (χ4n) is 4.90. The van der Waals surface area contributed by atoms with E-state index in [1.807, 2.05) is 12.1 Å². The molecule has 2 aromatic carbocycles. The summed E-state index contributed by atoms with van der Waals surface area (Å²) in [5.41, 5.74) is 9.19. The highest BCUT2D eigenvalue weighted by atomic mass is 35.5. The van der Waals surface area contributed by atoms with Crippen molar-refractivity contribution in [1.82, 2.24) is 10.2 Å². The number of nitrogens with one attached hydrogen (secondary N) is 1. The molecular weight excluding hydrogens is 400 g/mol. The van der Waals surface area contributed by atoms with E-state index in [1.165, 1.54) is 28.0 Å². The van der Waals surface area contributed by atoms with Crippen LogP contribution >= 0.6 is 11.6 Å². The zero-order chi connectivity index (χ0) is 22.0. The fourth-order valence-corrected chi connectivity index (χ4v) is 5.14. The van der Waals surface area contributed by atoms with Crippen LogP contribution in [-0.4, -0.2) is 24.0 Å². The summed E-state index contributed by atoms with van der Waals surface area (Å²) in [6.45, 7) is 11.1. The van der Waals surface area contributed by atoms with Crippen molar-refractivity contribution >= 4 is 22.9 Å². The molecule has 2 atom stereocenters. The molecule has 162 valence electrons. The van der Waals surface area contributed by atoms with Gasteiger partial charge in [0.05, 0.1) is 0 Å². The summed E-state index contributed by atoms with van der Waals surface area (Å²) < 4.78 is 0. The molecule has 1 aliphatic carbocycles. The molecule has 2 aliphatic rings. The van der Waals surface area contributed by atoms with Crippen LogP contribution in [0.25, 0.3) is 11.3 Å². The van der Waals surface area contributed by atoms with Crippen LogP contribution in [0.1, 0.15) is 63.1 Å². The number of hydrogen-bond donors (Lipinski definition) is 1. The van der Waals surface area contributed by atoms with Crippen molar-refractivity contribution in [3.8, 4) is 0 Å². The van der Waals surface area contributed by atoms with Crippen molar-refractivity contribution in [2.75, 3.05) is 13.1 Å². The van der Waals surface area contributed by atoms with E-state index in [4.69, 9.17) is 11.6 Å². The van der Waals surface area contributed by atoms with Crippen LogP contribution in [-0.2, 0) is 0 Å². The number of benzene rings is 2. The van der Waals surface area contributed by atoms with Gasteiger partial charge < -0.3 is 5.32 Å². The van der Waals surface area contributed by atoms with E-state index in [1.54, 1.807) is 0 Å². The molecule has 0 radical (unpaired) electrons. The van der Waals surface area contributed by atoms with Gasteiger partial charge in [-0.05, 0) is 49.5 Å². The van der Waals surface area contributed by atoms with Crippen molar-refractivity contribution in [2.24, 2.45) is 0 Å². The lowest BCUT2D eigenvalue weighted by Crippen LogP contribution is -2.45. The third-order valence-electron chi connectivity index (χ3n) is 6.74. The summed E-state index contributed by atoms with van der Waals surface area (Å²) in [6, 6.07) is 17.4. The normalized spacial score (nSPS) is 22.2. The third-order valence-corrected chi connectivity index (χ3v) is 7.07. The first-order valence-corrected chi connectivity index (χ1v) is 11.8. The number of rotatable bonds is 5. The molecule has 1 N–H and O–H groups in total. The van der Waals surface area contributed by atoms with Gasteiger partial charge in [0.15, 0.2) is 0 Å². The summed E-state index contributed by atoms with van der Waals surface area (Å²) in [5.74, 6) is 0.480. The second-order valence-electron chi connectivity index (χ2n) is 8.83. The first-order chi connectivity index (χ1) is 15.0. The Hall–Kier alpha value is -2.29. The maximum absolute atomic E-state index is 6.53. The molecule has 0 bridgehead atoms. The van der Waals surface area contributed by atoms with Gasteiger partial charge in [0.25, 0.3) is 0 Å². The van der Waals surface area contributed by atoms with Gasteiger partial charge in [-0.25, -0.2) is 0 Å². The van der Waals surface area contributed by atoms with Crippen molar-refractivity contribution in [2.45, 2.75) is 52.5 Å². The molecule has 0 amide bonds. The van der Waals surface area contributed by atoms with Gasteiger partial charge in [0.1, 0.15) is 0 Å². The monoisotopic (exact) mass is 432 g/mol. The van der Waals surface area contributed by atoms with Gasteiger partial charge in [0.2, 0.25) is 0 Å². The molecule has 31 heavy (non-hydrogen) atoms. The minimum atomic E-state index is 0.415. The third kappa shape index (κ3) is 4.51. The minimum Gasteiger partial charge on any atom is -0.358 e. The molecule has 1 heterocycles. The lowest BCUT2D eigenvalue weighted by molar-refractivity contribution is 0.213. The van der Waals surface area contributed by atoms with Crippen LogP contribution in [0.4, 0.5) is 0 Å². The fraction of sp³-hybridized carbons (Fsp3) is 0.357. The standard InChI is InChI=1S/C28H33ClN2/c1-5-10-26(24-13-8-9-14-25(24)29)30-27-18-31(16-15-19(27)2)28-17-20(3)22-11-6-7-12-23(22)21(28)4/h6-14,17,21,28,30H,5,15-16,18H2,1-4H3/b26-10+. The van der Waals surface area contributed by atoms with Gasteiger partial charge in [-0.3, -0.25) is 4.90 Å². The lowest BCUT2D eigenvalue weighted by atomic mass is 9.80. The van der Waals surface area contributed by atoms with Gasteiger partial charge in [-0.15, -0.1) is 0 Å². The topological polar surface area (TPSA) is 15.3 Å². The van der Waals surface area contributed by atoms with Crippen molar-refractivity contribution < 1.29 is 0 Å². The van der Waals surface area contributed by atoms with Crippen LogP contribution < -0.4 is 5.32 Å². The van der Waals surface area contributed by atoms with Crippen LogP contribution in [0, 0.1) is 0 Å². The van der Waals surface area contributed by atoms with E-state index in [2.05, 4.69) is 86.5 Å². The Kier molecular flexibility index (Phi) is 6.69. The smallest absolute Gasteiger partial charge is 0.0499 e. The summed E-state index contributed by atoms with van der Waals surface area (Å²) >= 11 is 6.53. The van der Waals surface area contributed by atoms with E-state index < -0.39 is 0 Å². The number of nitrogens with zero attached hydrogens (tertiary/aromatic N) is 1. The highest BCUT2D eigenvalue weighted by Crippen LogP contribution is 2.37. The van der Waals surface area contributed by atoms with Crippen LogP contribution in [0.3, 0.4) is 0 Å². The summed E-state index contributed by atoms with van der Waals surface area (Å²) in [4.78, 5) is 2.63. The molecule has 0 aromatic heterocycles. The SMILES string of the molecule is CC/C=C(/NC1=C(C)CCN(C2C=C(C)c3ccccc3C2C)C1)c1ccccc1Cl. The summed E-state index contributed by atoms with van der Waals surface area (Å²) in [7, 11) is 0. The molecule has 2 unspecified atom stereocenters. The van der Waals surface area contributed by atoms with Gasteiger partial charge >= 0.3 is 0 Å². The molecule has 3 heteroatoms. The zero-order valence-electron chi connectivity index (χ0n) is 19.1. The number of hydrogen-bond acceptors (Lipinski definition) is 2. The number of allylic oxidation sites excluding steroid dienone is 2. The second-order valence-corrected chi connectivity index (χ2v) is 9.23. The average Bonchev–Trinajstić information content (AvgIpc) is 2.78. The molecule has 0 saturated heterocycles.